The SMILES string of the molecule is COc1ccc(NC(=O)C[C@H]2C(=O)N(c3ccc(OC)cc3)C(=O)N2C(C)C)cc1. The van der Waals surface area contributed by atoms with E-state index in [4.69, 9.17) is 9.47 Å². The molecule has 0 radical (unpaired) electrons. The predicted octanol–water partition coefficient (Wildman–Crippen LogP) is 3.28. The van der Waals surface area contributed by atoms with Crippen molar-refractivity contribution in [2.75, 3.05) is 24.4 Å². The molecule has 4 amide bonds. The van der Waals surface area contributed by atoms with Crippen molar-refractivity contribution in [3.8, 4) is 11.5 Å². The number of urea groups is 1. The summed E-state index contributed by atoms with van der Waals surface area (Å²) in [4.78, 5) is 41.2. The summed E-state index contributed by atoms with van der Waals surface area (Å²) in [7, 11) is 3.10. The third-order valence-electron chi connectivity index (χ3n) is 4.89. The molecule has 3 rings (SSSR count). The van der Waals surface area contributed by atoms with Gasteiger partial charge in [0.1, 0.15) is 17.5 Å². The van der Waals surface area contributed by atoms with Crippen molar-refractivity contribution in [1.82, 2.24) is 4.90 Å². The van der Waals surface area contributed by atoms with Gasteiger partial charge in [0, 0.05) is 11.7 Å². The van der Waals surface area contributed by atoms with Crippen LogP contribution in [0.25, 0.3) is 0 Å². The van der Waals surface area contributed by atoms with Crippen LogP contribution in [0.3, 0.4) is 0 Å². The molecule has 1 atom stereocenters. The Hall–Kier alpha value is -3.55. The Labute approximate surface area is 175 Å². The molecule has 0 aliphatic carbocycles. The van der Waals surface area contributed by atoms with Gasteiger partial charge in [-0.1, -0.05) is 0 Å². The summed E-state index contributed by atoms with van der Waals surface area (Å²) in [6.07, 6.45) is -0.137. The molecule has 0 unspecified atom stereocenters. The van der Waals surface area contributed by atoms with Crippen molar-refractivity contribution in [3.63, 3.8) is 0 Å². The molecule has 2 aromatic rings. The molecule has 30 heavy (non-hydrogen) atoms. The van der Waals surface area contributed by atoms with Gasteiger partial charge in [0.15, 0.2) is 0 Å². The van der Waals surface area contributed by atoms with Gasteiger partial charge >= 0.3 is 6.03 Å². The van der Waals surface area contributed by atoms with E-state index in [1.54, 1.807) is 62.8 Å². The molecule has 1 saturated heterocycles. The molecular weight excluding hydrogens is 386 g/mol. The second kappa shape index (κ2) is 8.86. The second-order valence-corrected chi connectivity index (χ2v) is 7.15. The van der Waals surface area contributed by atoms with Crippen LogP contribution in [0.4, 0.5) is 16.2 Å². The van der Waals surface area contributed by atoms with E-state index in [2.05, 4.69) is 5.32 Å². The molecule has 8 nitrogen and oxygen atoms in total. The third kappa shape index (κ3) is 4.22. The summed E-state index contributed by atoms with van der Waals surface area (Å²) in [5.41, 5.74) is 1.02. The molecule has 0 spiro atoms. The molecule has 1 N–H and O–H groups in total. The van der Waals surface area contributed by atoms with Gasteiger partial charge in [0.05, 0.1) is 26.3 Å². The first-order valence-corrected chi connectivity index (χ1v) is 9.60. The first-order valence-electron chi connectivity index (χ1n) is 9.60. The van der Waals surface area contributed by atoms with Crippen molar-refractivity contribution < 1.29 is 23.9 Å². The van der Waals surface area contributed by atoms with Gasteiger partial charge in [-0.15, -0.1) is 0 Å². The Morgan fingerprint density at radius 3 is 2.00 bits per heavy atom. The van der Waals surface area contributed by atoms with Crippen molar-refractivity contribution in [3.05, 3.63) is 48.5 Å². The number of methoxy groups -OCH3 is 2. The number of nitrogens with zero attached hydrogens (tertiary/aromatic N) is 2. The first-order chi connectivity index (χ1) is 14.3. The second-order valence-electron chi connectivity index (χ2n) is 7.15. The zero-order chi connectivity index (χ0) is 21.8. The fraction of sp³-hybridized carbons (Fsp3) is 0.318. The summed E-state index contributed by atoms with van der Waals surface area (Å²) in [5, 5.41) is 2.76. The predicted molar refractivity (Wildman–Crippen MR) is 113 cm³/mol. The van der Waals surface area contributed by atoms with Gasteiger partial charge in [-0.2, -0.15) is 0 Å². The molecule has 0 saturated carbocycles. The fourth-order valence-electron chi connectivity index (χ4n) is 3.41. The summed E-state index contributed by atoms with van der Waals surface area (Å²) in [6, 6.07) is 12.0. The van der Waals surface area contributed by atoms with Crippen LogP contribution in [0.5, 0.6) is 11.5 Å². The van der Waals surface area contributed by atoms with Crippen LogP contribution in [0.2, 0.25) is 0 Å². The van der Waals surface area contributed by atoms with Crippen LogP contribution in [0.15, 0.2) is 48.5 Å². The van der Waals surface area contributed by atoms with E-state index < -0.39 is 18.0 Å². The van der Waals surface area contributed by atoms with E-state index in [9.17, 15) is 14.4 Å². The zero-order valence-corrected chi connectivity index (χ0v) is 17.4. The average molecular weight is 411 g/mol. The van der Waals surface area contributed by atoms with Gasteiger partial charge in [0.2, 0.25) is 5.91 Å². The van der Waals surface area contributed by atoms with Crippen molar-refractivity contribution in [1.29, 1.82) is 0 Å². The minimum absolute atomic E-state index is 0.137. The summed E-state index contributed by atoms with van der Waals surface area (Å²) < 4.78 is 10.2. The Morgan fingerprint density at radius 1 is 0.967 bits per heavy atom. The summed E-state index contributed by atoms with van der Waals surface area (Å²) in [5.74, 6) is 0.511. The highest BCUT2D eigenvalue weighted by molar-refractivity contribution is 6.22. The van der Waals surface area contributed by atoms with Gasteiger partial charge in [0.25, 0.3) is 5.91 Å². The lowest BCUT2D eigenvalue weighted by molar-refractivity contribution is -0.124. The third-order valence-corrected chi connectivity index (χ3v) is 4.89. The summed E-state index contributed by atoms with van der Waals surface area (Å²) in [6.45, 7) is 3.63. The lowest BCUT2D eigenvalue weighted by Crippen LogP contribution is -2.42. The number of ether oxygens (including phenoxy) is 2. The number of nitrogens with one attached hydrogen (secondary N) is 1. The number of hydrogen-bond acceptors (Lipinski definition) is 5. The molecule has 0 aromatic heterocycles. The van der Waals surface area contributed by atoms with Crippen LogP contribution >= 0.6 is 0 Å². The highest BCUT2D eigenvalue weighted by Crippen LogP contribution is 2.30. The Morgan fingerprint density at radius 2 is 1.50 bits per heavy atom. The average Bonchev–Trinajstić information content (AvgIpc) is 2.98. The van der Waals surface area contributed by atoms with E-state index in [0.29, 0.717) is 22.9 Å². The molecule has 2 aromatic carbocycles. The Kier molecular flexibility index (Phi) is 6.25. The smallest absolute Gasteiger partial charge is 0.332 e. The van der Waals surface area contributed by atoms with E-state index in [0.717, 1.165) is 4.90 Å². The number of imide groups is 1. The first kappa shape index (κ1) is 21.2. The zero-order valence-electron chi connectivity index (χ0n) is 17.4. The highest BCUT2D eigenvalue weighted by atomic mass is 16.5. The molecular formula is C22H25N3O5. The van der Waals surface area contributed by atoms with Gasteiger partial charge in [-0.25, -0.2) is 9.69 Å². The molecule has 0 bridgehead atoms. The van der Waals surface area contributed by atoms with Crippen LogP contribution in [-0.4, -0.2) is 49.0 Å². The van der Waals surface area contributed by atoms with E-state index in [-0.39, 0.29) is 18.4 Å². The maximum atomic E-state index is 13.1. The monoisotopic (exact) mass is 411 g/mol. The topological polar surface area (TPSA) is 88.2 Å². The van der Waals surface area contributed by atoms with Crippen LogP contribution in [0, 0.1) is 0 Å². The van der Waals surface area contributed by atoms with Crippen LogP contribution in [-0.2, 0) is 9.59 Å². The number of anilines is 2. The maximum Gasteiger partial charge on any atom is 0.332 e. The number of rotatable bonds is 7. The molecule has 1 heterocycles. The molecule has 8 heteroatoms. The van der Waals surface area contributed by atoms with Crippen LogP contribution < -0.4 is 19.7 Å². The quantitative estimate of drug-likeness (QED) is 0.707. The number of hydrogen-bond donors (Lipinski definition) is 1. The van der Waals surface area contributed by atoms with Gasteiger partial charge in [-0.05, 0) is 62.4 Å². The normalized spacial score (nSPS) is 16.2. The Bertz CT molecular complexity index is 925. The van der Waals surface area contributed by atoms with Gasteiger partial charge in [-0.3, -0.25) is 9.59 Å². The number of benzene rings is 2. The number of amides is 4. The van der Waals surface area contributed by atoms with Crippen molar-refractivity contribution >= 4 is 29.2 Å². The standard InChI is InChI=1S/C22H25N3O5/c1-14(2)24-19(13-20(26)23-15-5-9-17(29-3)10-6-15)21(27)25(22(24)28)16-7-11-18(30-4)12-8-16/h5-12,14,19H,13H2,1-4H3,(H,23,26)/t19-/m0/s1. The van der Waals surface area contributed by atoms with Crippen molar-refractivity contribution in [2.24, 2.45) is 0 Å². The largest absolute Gasteiger partial charge is 0.497 e. The minimum atomic E-state index is -0.877. The summed E-state index contributed by atoms with van der Waals surface area (Å²) >= 11 is 0. The number of carbonyl (C=O) groups excluding carboxylic acids is 3. The van der Waals surface area contributed by atoms with Crippen molar-refractivity contribution in [2.45, 2.75) is 32.4 Å². The molecule has 1 fully saturated rings. The lowest BCUT2D eigenvalue weighted by atomic mass is 10.1. The molecule has 158 valence electrons. The van der Waals surface area contributed by atoms with E-state index in [1.807, 2.05) is 13.8 Å². The Balaban J connectivity index is 1.78. The molecule has 1 aliphatic heterocycles. The number of carbonyl (C=O) groups is 3. The van der Waals surface area contributed by atoms with E-state index in [1.165, 1.54) is 4.90 Å². The van der Waals surface area contributed by atoms with Crippen LogP contribution in [0.1, 0.15) is 20.3 Å². The molecule has 1 aliphatic rings. The van der Waals surface area contributed by atoms with Gasteiger partial charge < -0.3 is 19.7 Å². The maximum absolute atomic E-state index is 13.1. The highest BCUT2D eigenvalue weighted by Gasteiger charge is 2.47. The minimum Gasteiger partial charge on any atom is -0.497 e. The fourth-order valence-corrected chi connectivity index (χ4v) is 3.41. The van der Waals surface area contributed by atoms with E-state index >= 15 is 0 Å². The lowest BCUT2D eigenvalue weighted by Gasteiger charge is -2.25.